The maximum Gasteiger partial charge on any atom is 0.326 e. The number of ether oxygens (including phenoxy) is 1. The SMILES string of the molecule is CCOC(=O)C1(NC2CCCC2)CCSCC1. The van der Waals surface area contributed by atoms with E-state index in [1.54, 1.807) is 0 Å². The second-order valence-electron chi connectivity index (χ2n) is 5.04. The molecule has 1 saturated heterocycles. The van der Waals surface area contributed by atoms with Gasteiger partial charge in [-0.1, -0.05) is 12.8 Å². The number of hydrogen-bond donors (Lipinski definition) is 1. The molecule has 0 unspecified atom stereocenters. The minimum Gasteiger partial charge on any atom is -0.465 e. The molecule has 0 spiro atoms. The second-order valence-corrected chi connectivity index (χ2v) is 6.27. The molecule has 3 nitrogen and oxygen atoms in total. The van der Waals surface area contributed by atoms with Crippen LogP contribution < -0.4 is 5.32 Å². The van der Waals surface area contributed by atoms with Crippen LogP contribution in [0.4, 0.5) is 0 Å². The van der Waals surface area contributed by atoms with Gasteiger partial charge in [-0.25, -0.2) is 0 Å². The Balaban J connectivity index is 2.02. The summed E-state index contributed by atoms with van der Waals surface area (Å²) in [4.78, 5) is 12.2. The van der Waals surface area contributed by atoms with Gasteiger partial charge in [0, 0.05) is 6.04 Å². The third kappa shape index (κ3) is 3.16. The van der Waals surface area contributed by atoms with Crippen molar-refractivity contribution in [3.63, 3.8) is 0 Å². The summed E-state index contributed by atoms with van der Waals surface area (Å²) in [6.07, 6.45) is 6.87. The fourth-order valence-corrected chi connectivity index (χ4v) is 4.05. The first-order chi connectivity index (χ1) is 8.27. The zero-order chi connectivity index (χ0) is 12.1. The van der Waals surface area contributed by atoms with Crippen LogP contribution in [0.1, 0.15) is 45.4 Å². The van der Waals surface area contributed by atoms with Crippen LogP contribution in [0.3, 0.4) is 0 Å². The Morgan fingerprint density at radius 2 is 2.00 bits per heavy atom. The molecule has 1 N–H and O–H groups in total. The standard InChI is InChI=1S/C13H23NO2S/c1-2-16-12(15)13(7-9-17-10-8-13)14-11-5-3-4-6-11/h11,14H,2-10H2,1H3. The zero-order valence-electron chi connectivity index (χ0n) is 10.7. The lowest BCUT2D eigenvalue weighted by atomic mass is 9.90. The highest BCUT2D eigenvalue weighted by Gasteiger charge is 2.42. The van der Waals surface area contributed by atoms with Gasteiger partial charge in [0.15, 0.2) is 0 Å². The molecule has 0 aromatic heterocycles. The molecule has 0 atom stereocenters. The van der Waals surface area contributed by atoms with E-state index >= 15 is 0 Å². The molecule has 0 bridgehead atoms. The maximum atomic E-state index is 12.2. The molecule has 0 radical (unpaired) electrons. The van der Waals surface area contributed by atoms with Crippen LogP contribution in [0, 0.1) is 0 Å². The van der Waals surface area contributed by atoms with E-state index in [2.05, 4.69) is 5.32 Å². The van der Waals surface area contributed by atoms with Gasteiger partial charge in [0.2, 0.25) is 0 Å². The number of carbonyl (C=O) groups excluding carboxylic acids is 1. The van der Waals surface area contributed by atoms with Crippen molar-refractivity contribution in [1.29, 1.82) is 0 Å². The van der Waals surface area contributed by atoms with Gasteiger partial charge in [-0.05, 0) is 44.1 Å². The highest BCUT2D eigenvalue weighted by molar-refractivity contribution is 7.99. The fourth-order valence-electron chi connectivity index (χ4n) is 2.86. The first-order valence-corrected chi connectivity index (χ1v) is 7.95. The van der Waals surface area contributed by atoms with Gasteiger partial charge in [0.05, 0.1) is 6.61 Å². The molecule has 2 aliphatic rings. The van der Waals surface area contributed by atoms with Crippen LogP contribution in [-0.4, -0.2) is 35.7 Å². The third-order valence-corrected chi connectivity index (χ3v) is 4.83. The van der Waals surface area contributed by atoms with E-state index in [1.807, 2.05) is 18.7 Å². The molecular formula is C13H23NO2S. The summed E-state index contributed by atoms with van der Waals surface area (Å²) in [5.41, 5.74) is -0.379. The summed E-state index contributed by atoms with van der Waals surface area (Å²) in [6, 6.07) is 0.530. The van der Waals surface area contributed by atoms with Gasteiger partial charge in [0.1, 0.15) is 5.54 Å². The van der Waals surface area contributed by atoms with Crippen LogP contribution in [0.15, 0.2) is 0 Å². The van der Waals surface area contributed by atoms with Gasteiger partial charge >= 0.3 is 5.97 Å². The molecule has 1 aliphatic heterocycles. The normalized spacial score (nSPS) is 24.8. The first kappa shape index (κ1) is 13.2. The molecule has 2 rings (SSSR count). The molecule has 1 heterocycles. The molecule has 0 amide bonds. The van der Waals surface area contributed by atoms with Crippen molar-refractivity contribution in [2.75, 3.05) is 18.1 Å². The van der Waals surface area contributed by atoms with E-state index in [9.17, 15) is 4.79 Å². The lowest BCUT2D eigenvalue weighted by molar-refractivity contribution is -0.152. The van der Waals surface area contributed by atoms with E-state index in [0.717, 1.165) is 24.3 Å². The van der Waals surface area contributed by atoms with Crippen molar-refractivity contribution >= 4 is 17.7 Å². The van der Waals surface area contributed by atoms with Crippen molar-refractivity contribution in [1.82, 2.24) is 5.32 Å². The van der Waals surface area contributed by atoms with E-state index < -0.39 is 0 Å². The molecule has 4 heteroatoms. The summed E-state index contributed by atoms with van der Waals surface area (Å²) in [5.74, 6) is 2.11. The Labute approximate surface area is 108 Å². The number of carbonyl (C=O) groups is 1. The molecule has 2 fully saturated rings. The Bertz CT molecular complexity index is 258. The van der Waals surface area contributed by atoms with E-state index in [1.165, 1.54) is 25.7 Å². The van der Waals surface area contributed by atoms with Crippen LogP contribution in [-0.2, 0) is 9.53 Å². The van der Waals surface area contributed by atoms with E-state index in [-0.39, 0.29) is 11.5 Å². The molecule has 0 aromatic rings. The number of thioether (sulfide) groups is 1. The van der Waals surface area contributed by atoms with Crippen molar-refractivity contribution in [3.05, 3.63) is 0 Å². The van der Waals surface area contributed by atoms with Crippen molar-refractivity contribution in [2.45, 2.75) is 57.0 Å². The second kappa shape index (κ2) is 6.10. The van der Waals surface area contributed by atoms with Gasteiger partial charge in [-0.2, -0.15) is 11.8 Å². The van der Waals surface area contributed by atoms with Crippen LogP contribution in [0.5, 0.6) is 0 Å². The Morgan fingerprint density at radius 1 is 1.35 bits per heavy atom. The molecule has 98 valence electrons. The van der Waals surface area contributed by atoms with Gasteiger partial charge in [-0.3, -0.25) is 10.1 Å². The smallest absolute Gasteiger partial charge is 0.326 e. The summed E-state index contributed by atoms with van der Waals surface area (Å²) in [6.45, 7) is 2.37. The molecule has 1 saturated carbocycles. The summed E-state index contributed by atoms with van der Waals surface area (Å²) in [5, 5.41) is 3.63. The highest BCUT2D eigenvalue weighted by Crippen LogP contribution is 2.31. The quantitative estimate of drug-likeness (QED) is 0.785. The molecule has 0 aromatic carbocycles. The van der Waals surface area contributed by atoms with Gasteiger partial charge in [-0.15, -0.1) is 0 Å². The highest BCUT2D eigenvalue weighted by atomic mass is 32.2. The van der Waals surface area contributed by atoms with Crippen molar-refractivity contribution < 1.29 is 9.53 Å². The monoisotopic (exact) mass is 257 g/mol. The van der Waals surface area contributed by atoms with Crippen LogP contribution in [0.2, 0.25) is 0 Å². The minimum atomic E-state index is -0.379. The average Bonchev–Trinajstić information content (AvgIpc) is 2.83. The average molecular weight is 257 g/mol. The summed E-state index contributed by atoms with van der Waals surface area (Å²) in [7, 11) is 0. The van der Waals surface area contributed by atoms with Crippen LogP contribution >= 0.6 is 11.8 Å². The van der Waals surface area contributed by atoms with E-state index in [0.29, 0.717) is 12.6 Å². The summed E-state index contributed by atoms with van der Waals surface area (Å²) < 4.78 is 5.28. The lowest BCUT2D eigenvalue weighted by Crippen LogP contribution is -2.58. The zero-order valence-corrected chi connectivity index (χ0v) is 11.5. The maximum absolute atomic E-state index is 12.2. The number of esters is 1. The lowest BCUT2D eigenvalue weighted by Gasteiger charge is -2.37. The van der Waals surface area contributed by atoms with Gasteiger partial charge in [0.25, 0.3) is 0 Å². The van der Waals surface area contributed by atoms with Gasteiger partial charge < -0.3 is 4.74 Å². The Morgan fingerprint density at radius 3 is 2.59 bits per heavy atom. The largest absolute Gasteiger partial charge is 0.465 e. The number of hydrogen-bond acceptors (Lipinski definition) is 4. The van der Waals surface area contributed by atoms with E-state index in [4.69, 9.17) is 4.74 Å². The van der Waals surface area contributed by atoms with Crippen LogP contribution in [0.25, 0.3) is 0 Å². The Hall–Kier alpha value is -0.220. The van der Waals surface area contributed by atoms with Crippen molar-refractivity contribution in [2.24, 2.45) is 0 Å². The fraction of sp³-hybridized carbons (Fsp3) is 0.923. The third-order valence-electron chi connectivity index (χ3n) is 3.85. The number of nitrogens with one attached hydrogen (secondary N) is 1. The predicted molar refractivity (Wildman–Crippen MR) is 71.3 cm³/mol. The molecule has 17 heavy (non-hydrogen) atoms. The van der Waals surface area contributed by atoms with Crippen molar-refractivity contribution in [3.8, 4) is 0 Å². The molecular weight excluding hydrogens is 234 g/mol. The number of rotatable bonds is 4. The topological polar surface area (TPSA) is 38.3 Å². The molecule has 1 aliphatic carbocycles. The first-order valence-electron chi connectivity index (χ1n) is 6.79. The minimum absolute atomic E-state index is 0.0211. The summed E-state index contributed by atoms with van der Waals surface area (Å²) >= 11 is 1.94. The Kier molecular flexibility index (Phi) is 4.74. The predicted octanol–water partition coefficient (Wildman–Crippen LogP) is 2.35.